The van der Waals surface area contributed by atoms with Gasteiger partial charge in [-0.1, -0.05) is 11.6 Å². The Morgan fingerprint density at radius 1 is 1.62 bits per heavy atom. The number of nitrogens with two attached hydrogens (primary N) is 1. The standard InChI is InChI=1S/C7H7ClN2O2S/c1-13-5-3-2-4(8)6(9)7(5)10(11)12/h2-3H,9H2,1H3. The molecule has 1 aromatic carbocycles. The zero-order valence-electron chi connectivity index (χ0n) is 6.78. The Kier molecular flexibility index (Phi) is 3.00. The smallest absolute Gasteiger partial charge is 0.307 e. The van der Waals surface area contributed by atoms with E-state index in [0.29, 0.717) is 4.90 Å². The fourth-order valence-corrected chi connectivity index (χ4v) is 1.65. The normalized spacial score (nSPS) is 10.0. The number of thioether (sulfide) groups is 1. The van der Waals surface area contributed by atoms with Crippen molar-refractivity contribution in [3.05, 3.63) is 27.3 Å². The molecular weight excluding hydrogens is 212 g/mol. The van der Waals surface area contributed by atoms with Crippen molar-refractivity contribution in [1.29, 1.82) is 0 Å². The minimum absolute atomic E-state index is 0.0264. The van der Waals surface area contributed by atoms with Gasteiger partial charge in [0, 0.05) is 0 Å². The fraction of sp³-hybridized carbons (Fsp3) is 0.143. The van der Waals surface area contributed by atoms with Gasteiger partial charge in [0.25, 0.3) is 0 Å². The lowest BCUT2D eigenvalue weighted by molar-refractivity contribution is -0.386. The average Bonchev–Trinajstić information content (AvgIpc) is 2.08. The van der Waals surface area contributed by atoms with Gasteiger partial charge in [-0.25, -0.2) is 0 Å². The van der Waals surface area contributed by atoms with E-state index < -0.39 is 4.92 Å². The molecule has 0 aromatic heterocycles. The molecule has 6 heteroatoms. The van der Waals surface area contributed by atoms with E-state index in [4.69, 9.17) is 17.3 Å². The summed E-state index contributed by atoms with van der Waals surface area (Å²) in [7, 11) is 0. The van der Waals surface area contributed by atoms with Crippen LogP contribution in [0.2, 0.25) is 5.02 Å². The molecule has 0 heterocycles. The lowest BCUT2D eigenvalue weighted by atomic mass is 10.3. The molecule has 0 aliphatic heterocycles. The predicted octanol–water partition coefficient (Wildman–Crippen LogP) is 2.55. The summed E-state index contributed by atoms with van der Waals surface area (Å²) >= 11 is 6.91. The number of halogens is 1. The lowest BCUT2D eigenvalue weighted by Gasteiger charge is -2.03. The molecule has 0 amide bonds. The van der Waals surface area contributed by atoms with Crippen LogP contribution in [-0.2, 0) is 0 Å². The van der Waals surface area contributed by atoms with Gasteiger partial charge in [-0.3, -0.25) is 10.1 Å². The van der Waals surface area contributed by atoms with Crippen molar-refractivity contribution in [3.63, 3.8) is 0 Å². The summed E-state index contributed by atoms with van der Waals surface area (Å²) in [5.74, 6) is 0. The van der Waals surface area contributed by atoms with Gasteiger partial charge in [0.15, 0.2) is 0 Å². The summed E-state index contributed by atoms with van der Waals surface area (Å²) in [6, 6.07) is 3.14. The first-order valence-corrected chi connectivity index (χ1v) is 4.94. The Hall–Kier alpha value is -0.940. The Morgan fingerprint density at radius 3 is 2.69 bits per heavy atom. The molecule has 0 radical (unpaired) electrons. The molecule has 0 aliphatic carbocycles. The zero-order valence-corrected chi connectivity index (χ0v) is 8.35. The second kappa shape index (κ2) is 3.85. The summed E-state index contributed by atoms with van der Waals surface area (Å²) in [5.41, 5.74) is 5.39. The van der Waals surface area contributed by atoms with Crippen LogP contribution in [0.4, 0.5) is 11.4 Å². The number of nitro benzene ring substituents is 1. The van der Waals surface area contributed by atoms with Gasteiger partial charge in [-0.15, -0.1) is 11.8 Å². The van der Waals surface area contributed by atoms with Crippen molar-refractivity contribution in [3.8, 4) is 0 Å². The highest BCUT2D eigenvalue weighted by atomic mass is 35.5. The van der Waals surface area contributed by atoms with Gasteiger partial charge < -0.3 is 5.73 Å². The third-order valence-electron chi connectivity index (χ3n) is 1.53. The number of benzene rings is 1. The molecule has 0 atom stereocenters. The first-order chi connectivity index (χ1) is 6.07. The molecule has 70 valence electrons. The Balaban J connectivity index is 3.41. The quantitative estimate of drug-likeness (QED) is 0.359. The maximum absolute atomic E-state index is 10.6. The van der Waals surface area contributed by atoms with Crippen LogP contribution in [-0.4, -0.2) is 11.2 Å². The highest BCUT2D eigenvalue weighted by Crippen LogP contribution is 2.37. The molecular formula is C7H7ClN2O2S. The molecule has 0 aliphatic rings. The number of rotatable bonds is 2. The minimum atomic E-state index is -0.521. The summed E-state index contributed by atoms with van der Waals surface area (Å²) in [6.07, 6.45) is 1.75. The SMILES string of the molecule is CSc1ccc(Cl)c(N)c1[N+](=O)[O-]. The topological polar surface area (TPSA) is 69.2 Å². The van der Waals surface area contributed by atoms with Crippen LogP contribution in [0.3, 0.4) is 0 Å². The van der Waals surface area contributed by atoms with Gasteiger partial charge in [0.2, 0.25) is 0 Å². The van der Waals surface area contributed by atoms with Gasteiger partial charge in [0.05, 0.1) is 14.8 Å². The largest absolute Gasteiger partial charge is 0.392 e. The van der Waals surface area contributed by atoms with Crippen molar-refractivity contribution in [1.82, 2.24) is 0 Å². The van der Waals surface area contributed by atoms with E-state index in [9.17, 15) is 10.1 Å². The van der Waals surface area contributed by atoms with Crippen molar-refractivity contribution < 1.29 is 4.92 Å². The van der Waals surface area contributed by atoms with Crippen molar-refractivity contribution >= 4 is 34.7 Å². The molecule has 1 rings (SSSR count). The second-order valence-electron chi connectivity index (χ2n) is 2.27. The predicted molar refractivity (Wildman–Crippen MR) is 54.3 cm³/mol. The monoisotopic (exact) mass is 218 g/mol. The van der Waals surface area contributed by atoms with E-state index >= 15 is 0 Å². The Morgan fingerprint density at radius 2 is 2.23 bits per heavy atom. The molecule has 1 aromatic rings. The number of anilines is 1. The van der Waals surface area contributed by atoms with E-state index in [1.165, 1.54) is 11.8 Å². The van der Waals surface area contributed by atoms with Gasteiger partial charge in [-0.05, 0) is 18.4 Å². The highest BCUT2D eigenvalue weighted by Gasteiger charge is 2.19. The molecule has 0 saturated heterocycles. The van der Waals surface area contributed by atoms with Crippen molar-refractivity contribution in [2.75, 3.05) is 12.0 Å². The second-order valence-corrected chi connectivity index (χ2v) is 3.52. The van der Waals surface area contributed by atoms with Gasteiger partial charge in [0.1, 0.15) is 5.69 Å². The lowest BCUT2D eigenvalue weighted by Crippen LogP contribution is -1.98. The van der Waals surface area contributed by atoms with E-state index in [0.717, 1.165) is 0 Å². The van der Waals surface area contributed by atoms with Crippen LogP contribution in [0.5, 0.6) is 0 Å². The van der Waals surface area contributed by atoms with E-state index in [1.807, 2.05) is 0 Å². The van der Waals surface area contributed by atoms with Gasteiger partial charge >= 0.3 is 5.69 Å². The van der Waals surface area contributed by atoms with E-state index in [2.05, 4.69) is 0 Å². The molecule has 2 N–H and O–H groups in total. The number of hydrogen-bond donors (Lipinski definition) is 1. The Labute approximate surface area is 84.2 Å². The first kappa shape index (κ1) is 10.1. The molecule has 0 fully saturated rings. The molecule has 4 nitrogen and oxygen atoms in total. The molecule has 0 unspecified atom stereocenters. The zero-order chi connectivity index (χ0) is 10.0. The molecule has 13 heavy (non-hydrogen) atoms. The number of hydrogen-bond acceptors (Lipinski definition) is 4. The van der Waals surface area contributed by atoms with E-state index in [1.54, 1.807) is 18.4 Å². The third kappa shape index (κ3) is 1.87. The summed E-state index contributed by atoms with van der Waals surface area (Å²) < 4.78 is 0. The van der Waals surface area contributed by atoms with Gasteiger partial charge in [-0.2, -0.15) is 0 Å². The van der Waals surface area contributed by atoms with Crippen molar-refractivity contribution in [2.45, 2.75) is 4.90 Å². The fourth-order valence-electron chi connectivity index (χ4n) is 0.916. The molecule has 0 spiro atoms. The van der Waals surface area contributed by atoms with Crippen LogP contribution in [0, 0.1) is 10.1 Å². The third-order valence-corrected chi connectivity index (χ3v) is 2.63. The van der Waals surface area contributed by atoms with Crippen LogP contribution in [0.1, 0.15) is 0 Å². The maximum Gasteiger partial charge on any atom is 0.307 e. The maximum atomic E-state index is 10.6. The number of nitrogens with zero attached hydrogens (tertiary/aromatic N) is 1. The molecule has 0 bridgehead atoms. The van der Waals surface area contributed by atoms with Crippen LogP contribution in [0.25, 0.3) is 0 Å². The van der Waals surface area contributed by atoms with Crippen LogP contribution < -0.4 is 5.73 Å². The van der Waals surface area contributed by atoms with Crippen molar-refractivity contribution in [2.24, 2.45) is 0 Å². The number of nitro groups is 1. The first-order valence-electron chi connectivity index (χ1n) is 3.34. The van der Waals surface area contributed by atoms with Crippen LogP contribution >= 0.6 is 23.4 Å². The van der Waals surface area contributed by atoms with Crippen LogP contribution in [0.15, 0.2) is 17.0 Å². The molecule has 0 saturated carbocycles. The summed E-state index contributed by atoms with van der Waals surface area (Å²) in [6.45, 7) is 0. The average molecular weight is 219 g/mol. The summed E-state index contributed by atoms with van der Waals surface area (Å²) in [5, 5.41) is 10.8. The summed E-state index contributed by atoms with van der Waals surface area (Å²) in [4.78, 5) is 10.6. The van der Waals surface area contributed by atoms with E-state index in [-0.39, 0.29) is 16.4 Å². The minimum Gasteiger partial charge on any atom is -0.392 e. The highest BCUT2D eigenvalue weighted by molar-refractivity contribution is 7.98. The Bertz CT molecular complexity index is 357. The number of nitrogen functional groups attached to an aromatic ring is 1.